The molecule has 2 heterocycles. The summed E-state index contributed by atoms with van der Waals surface area (Å²) in [5, 5.41) is 1.06. The lowest BCUT2D eigenvalue weighted by atomic mass is 9.87. The van der Waals surface area contributed by atoms with Gasteiger partial charge < -0.3 is 10.7 Å². The number of fused-ring (bicyclic) bond motifs is 2. The summed E-state index contributed by atoms with van der Waals surface area (Å²) in [4.78, 5) is 12.7. The van der Waals surface area contributed by atoms with Gasteiger partial charge in [0, 0.05) is 47.2 Å². The Labute approximate surface area is 192 Å². The van der Waals surface area contributed by atoms with E-state index in [1.165, 1.54) is 23.4 Å². The van der Waals surface area contributed by atoms with Gasteiger partial charge in [-0.3, -0.25) is 4.99 Å². The fourth-order valence-electron chi connectivity index (χ4n) is 4.60. The molecule has 0 aliphatic heterocycles. The number of nitrogens with two attached hydrogens (primary N) is 1. The van der Waals surface area contributed by atoms with Crippen molar-refractivity contribution >= 4 is 28.3 Å². The minimum Gasteiger partial charge on any atom is -0.404 e. The Bertz CT molecular complexity index is 1460. The van der Waals surface area contributed by atoms with Crippen molar-refractivity contribution in [3.8, 4) is 11.1 Å². The number of aromatic nitrogens is 2. The van der Waals surface area contributed by atoms with E-state index >= 15 is 0 Å². The molecule has 4 aromatic rings. The normalized spacial score (nSPS) is 14.3. The number of H-pyrrole nitrogens is 1. The van der Waals surface area contributed by atoms with E-state index in [1.807, 2.05) is 24.3 Å². The van der Waals surface area contributed by atoms with Crippen molar-refractivity contribution < 1.29 is 4.39 Å². The number of hydrogen-bond donors (Lipinski definition) is 2. The molecule has 0 saturated heterocycles. The Balaban J connectivity index is 1.67. The lowest BCUT2D eigenvalue weighted by Crippen LogP contribution is -2.09. The second-order valence-corrected chi connectivity index (χ2v) is 8.33. The van der Waals surface area contributed by atoms with Crippen LogP contribution < -0.4 is 5.73 Å². The van der Waals surface area contributed by atoms with Crippen molar-refractivity contribution in [2.45, 2.75) is 19.8 Å². The molecule has 5 heteroatoms. The highest BCUT2D eigenvalue weighted by molar-refractivity contribution is 6.09. The molecule has 2 aromatic heterocycles. The fourth-order valence-corrected chi connectivity index (χ4v) is 4.60. The van der Waals surface area contributed by atoms with Crippen molar-refractivity contribution in [1.29, 1.82) is 0 Å². The van der Waals surface area contributed by atoms with Gasteiger partial charge in [0.25, 0.3) is 0 Å². The molecule has 5 rings (SSSR count). The largest absolute Gasteiger partial charge is 0.404 e. The number of aliphatic imine (C=N–C) groups is 1. The third kappa shape index (κ3) is 3.76. The van der Waals surface area contributed by atoms with Gasteiger partial charge in [-0.2, -0.15) is 0 Å². The monoisotopic (exact) mass is 436 g/mol. The molecule has 0 fully saturated rings. The molecule has 164 valence electrons. The predicted octanol–water partition coefficient (Wildman–Crippen LogP) is 6.14. The van der Waals surface area contributed by atoms with Crippen molar-refractivity contribution in [3.63, 3.8) is 0 Å². The second kappa shape index (κ2) is 8.51. The van der Waals surface area contributed by atoms with Gasteiger partial charge in [-0.05, 0) is 66.8 Å². The van der Waals surface area contributed by atoms with Crippen LogP contribution >= 0.6 is 0 Å². The molecule has 1 aliphatic carbocycles. The van der Waals surface area contributed by atoms with Gasteiger partial charge in [0.1, 0.15) is 5.82 Å². The molecule has 4 nitrogen and oxygen atoms in total. The van der Waals surface area contributed by atoms with Gasteiger partial charge in [0.05, 0.1) is 11.4 Å². The number of benzene rings is 2. The van der Waals surface area contributed by atoms with Gasteiger partial charge in [0.15, 0.2) is 0 Å². The molecule has 2 aromatic carbocycles. The quantitative estimate of drug-likeness (QED) is 0.378. The van der Waals surface area contributed by atoms with Crippen LogP contribution in [0.15, 0.2) is 77.4 Å². The summed E-state index contributed by atoms with van der Waals surface area (Å²) in [6.07, 6.45) is 5.19. The van der Waals surface area contributed by atoms with Crippen LogP contribution in [0.4, 0.5) is 4.39 Å². The average Bonchev–Trinajstić information content (AvgIpc) is 3.26. The number of aromatic amines is 1. The van der Waals surface area contributed by atoms with Crippen LogP contribution in [0.3, 0.4) is 0 Å². The Morgan fingerprint density at radius 1 is 1.09 bits per heavy atom. The second-order valence-electron chi connectivity index (χ2n) is 8.33. The first-order chi connectivity index (χ1) is 16.1. The van der Waals surface area contributed by atoms with Crippen molar-refractivity contribution in [1.82, 2.24) is 9.97 Å². The summed E-state index contributed by atoms with van der Waals surface area (Å²) in [7, 11) is 1.72. The summed E-state index contributed by atoms with van der Waals surface area (Å²) in [5.41, 5.74) is 15.9. The van der Waals surface area contributed by atoms with Crippen molar-refractivity contribution in [3.05, 3.63) is 101 Å². The lowest BCUT2D eigenvalue weighted by Gasteiger charge is -2.21. The molecule has 0 bridgehead atoms. The highest BCUT2D eigenvalue weighted by Gasteiger charge is 2.22. The SMILES string of the molecule is CN=CC(=CN)c1ccc2c(n1)C(c1cc3c(-c4cccc(F)c4)cccc3[nH]1)=C(C)CC2. The molecule has 1 aliphatic rings. The minimum atomic E-state index is -0.240. The maximum atomic E-state index is 13.9. The van der Waals surface area contributed by atoms with E-state index in [0.717, 1.165) is 63.1 Å². The molecule has 3 N–H and O–H groups in total. The molecular formula is C28H25FN4. The Morgan fingerprint density at radius 2 is 1.94 bits per heavy atom. The zero-order valence-corrected chi connectivity index (χ0v) is 18.7. The van der Waals surface area contributed by atoms with Crippen LogP contribution in [0.25, 0.3) is 33.2 Å². The highest BCUT2D eigenvalue weighted by atomic mass is 19.1. The number of nitrogens with zero attached hydrogens (tertiary/aromatic N) is 2. The van der Waals surface area contributed by atoms with Crippen LogP contribution in [0.5, 0.6) is 0 Å². The van der Waals surface area contributed by atoms with Gasteiger partial charge in [-0.1, -0.05) is 35.9 Å². The summed E-state index contributed by atoms with van der Waals surface area (Å²) in [5.74, 6) is -0.240. The number of pyridine rings is 1. The minimum absolute atomic E-state index is 0.240. The van der Waals surface area contributed by atoms with E-state index in [9.17, 15) is 4.39 Å². The first-order valence-corrected chi connectivity index (χ1v) is 11.0. The molecule has 0 spiro atoms. The smallest absolute Gasteiger partial charge is 0.123 e. The van der Waals surface area contributed by atoms with Gasteiger partial charge >= 0.3 is 0 Å². The summed E-state index contributed by atoms with van der Waals surface area (Å²) in [6.45, 7) is 2.17. The van der Waals surface area contributed by atoms with Gasteiger partial charge in [-0.25, -0.2) is 9.37 Å². The standard InChI is InChI=1S/C28H25FN4/c1-17-9-10-18-11-12-24(20(15-30)16-31-2)33-28(18)27(17)26-14-23-22(7-4-8-25(23)32-26)19-5-3-6-21(29)13-19/h3-8,11-16,32H,9-10,30H2,1-2H3. The first-order valence-electron chi connectivity index (χ1n) is 11.0. The predicted molar refractivity (Wildman–Crippen MR) is 135 cm³/mol. The number of nitrogens with one attached hydrogen (secondary N) is 1. The van der Waals surface area contributed by atoms with Crippen molar-refractivity contribution in [2.24, 2.45) is 10.7 Å². The topological polar surface area (TPSA) is 67.1 Å². The molecule has 33 heavy (non-hydrogen) atoms. The highest BCUT2D eigenvalue weighted by Crippen LogP contribution is 2.38. The third-order valence-electron chi connectivity index (χ3n) is 6.22. The van der Waals surface area contributed by atoms with E-state index < -0.39 is 0 Å². The van der Waals surface area contributed by atoms with Gasteiger partial charge in [-0.15, -0.1) is 0 Å². The Hall–Kier alpha value is -3.99. The number of halogens is 1. The number of hydrogen-bond acceptors (Lipinski definition) is 3. The van der Waals surface area contributed by atoms with E-state index in [1.54, 1.807) is 25.4 Å². The number of aryl methyl sites for hydroxylation is 1. The van der Waals surface area contributed by atoms with Crippen LogP contribution in [0.2, 0.25) is 0 Å². The fraction of sp³-hybridized carbons (Fsp3) is 0.143. The third-order valence-corrected chi connectivity index (χ3v) is 6.22. The van der Waals surface area contributed by atoms with E-state index in [-0.39, 0.29) is 5.82 Å². The zero-order valence-electron chi connectivity index (χ0n) is 18.7. The van der Waals surface area contributed by atoms with Crippen LogP contribution in [-0.4, -0.2) is 23.2 Å². The van der Waals surface area contributed by atoms with Crippen molar-refractivity contribution in [2.75, 3.05) is 7.05 Å². The zero-order chi connectivity index (χ0) is 22.9. The van der Waals surface area contributed by atoms with Crippen LogP contribution in [0, 0.1) is 5.82 Å². The molecule has 0 radical (unpaired) electrons. The molecule has 0 atom stereocenters. The summed E-state index contributed by atoms with van der Waals surface area (Å²) >= 11 is 0. The van der Waals surface area contributed by atoms with E-state index in [2.05, 4.69) is 35.1 Å². The molecule has 0 amide bonds. The maximum Gasteiger partial charge on any atom is 0.123 e. The Morgan fingerprint density at radius 3 is 2.73 bits per heavy atom. The van der Waals surface area contributed by atoms with E-state index in [4.69, 9.17) is 10.7 Å². The van der Waals surface area contributed by atoms with Crippen LogP contribution in [-0.2, 0) is 6.42 Å². The molecule has 0 unspecified atom stereocenters. The maximum absolute atomic E-state index is 13.9. The molecule has 0 saturated carbocycles. The lowest BCUT2D eigenvalue weighted by molar-refractivity contribution is 0.628. The van der Waals surface area contributed by atoms with Crippen LogP contribution in [0.1, 0.15) is 36.0 Å². The first kappa shape index (κ1) is 20.9. The summed E-state index contributed by atoms with van der Waals surface area (Å²) < 4.78 is 13.9. The van der Waals surface area contributed by atoms with Gasteiger partial charge in [0.2, 0.25) is 0 Å². The van der Waals surface area contributed by atoms with E-state index in [0.29, 0.717) is 0 Å². The Kier molecular flexibility index (Phi) is 5.38. The summed E-state index contributed by atoms with van der Waals surface area (Å²) in [6, 6.07) is 19.1. The number of rotatable bonds is 4. The number of allylic oxidation sites excluding steroid dienone is 2. The average molecular weight is 437 g/mol. The molecular weight excluding hydrogens is 411 g/mol.